The number of alkyl halides is 3. The van der Waals surface area contributed by atoms with Gasteiger partial charge >= 0.3 is 12.1 Å². The highest BCUT2D eigenvalue weighted by molar-refractivity contribution is 6.04. The lowest BCUT2D eigenvalue weighted by molar-refractivity contribution is -0.139. The van der Waals surface area contributed by atoms with Gasteiger partial charge in [0.25, 0.3) is 0 Å². The molecule has 0 radical (unpaired) electrons. The van der Waals surface area contributed by atoms with Gasteiger partial charge in [-0.05, 0) is 74.8 Å². The smallest absolute Gasteiger partial charge is 0.421 e. The van der Waals surface area contributed by atoms with E-state index in [1.807, 2.05) is 13.8 Å². The summed E-state index contributed by atoms with van der Waals surface area (Å²) < 4.78 is 63.7. The van der Waals surface area contributed by atoms with Crippen LogP contribution in [0.25, 0.3) is 0 Å². The molecule has 1 fully saturated rings. The summed E-state index contributed by atoms with van der Waals surface area (Å²) in [5.74, 6) is -0.493. The Bertz CT molecular complexity index is 1500. The summed E-state index contributed by atoms with van der Waals surface area (Å²) in [6, 6.07) is 4.68. The number of ether oxygens (including phenoxy) is 3. The minimum atomic E-state index is -4.78. The summed E-state index contributed by atoms with van der Waals surface area (Å²) >= 11 is 0. The molecule has 10 nitrogen and oxygen atoms in total. The van der Waals surface area contributed by atoms with E-state index >= 15 is 0 Å². The number of carbonyl (C=O) groups excluding carboxylic acids is 2. The van der Waals surface area contributed by atoms with Crippen LogP contribution in [-0.2, 0) is 33.3 Å². The van der Waals surface area contributed by atoms with Crippen LogP contribution in [0.5, 0.6) is 11.6 Å². The largest absolute Gasteiger partial charge is 0.465 e. The molecule has 0 saturated heterocycles. The predicted molar refractivity (Wildman–Crippen MR) is 163 cm³/mol. The number of anilines is 1. The van der Waals surface area contributed by atoms with E-state index in [4.69, 9.17) is 18.7 Å². The highest BCUT2D eigenvalue weighted by Crippen LogP contribution is 2.39. The second-order valence-corrected chi connectivity index (χ2v) is 12.1. The van der Waals surface area contributed by atoms with Gasteiger partial charge in [-0.15, -0.1) is 0 Å². The van der Waals surface area contributed by atoms with Crippen LogP contribution in [-0.4, -0.2) is 53.9 Å². The molecule has 1 aliphatic carbocycles. The van der Waals surface area contributed by atoms with Crippen molar-refractivity contribution < 1.29 is 41.5 Å². The van der Waals surface area contributed by atoms with Crippen molar-refractivity contribution in [3.8, 4) is 11.6 Å². The fourth-order valence-corrected chi connectivity index (χ4v) is 5.54. The quantitative estimate of drug-likeness (QED) is 0.189. The van der Waals surface area contributed by atoms with Crippen molar-refractivity contribution in [2.45, 2.75) is 84.4 Å². The van der Waals surface area contributed by atoms with Gasteiger partial charge in [0.05, 0.1) is 31.0 Å². The van der Waals surface area contributed by atoms with E-state index in [0.717, 1.165) is 31.7 Å². The van der Waals surface area contributed by atoms with Crippen LogP contribution in [0.3, 0.4) is 0 Å². The molecular formula is C33H41F3N4O6. The van der Waals surface area contributed by atoms with Crippen molar-refractivity contribution in [2.75, 3.05) is 25.7 Å². The fourth-order valence-electron chi connectivity index (χ4n) is 5.54. The molecule has 46 heavy (non-hydrogen) atoms. The number of pyridine rings is 1. The van der Waals surface area contributed by atoms with Crippen LogP contribution in [0.4, 0.5) is 18.9 Å². The van der Waals surface area contributed by atoms with E-state index < -0.39 is 29.6 Å². The molecule has 1 saturated carbocycles. The lowest BCUT2D eigenvalue weighted by Gasteiger charge is -2.35. The molecule has 0 spiro atoms. The van der Waals surface area contributed by atoms with E-state index in [9.17, 15) is 22.8 Å². The van der Waals surface area contributed by atoms with Gasteiger partial charge < -0.3 is 23.6 Å². The number of amides is 1. The van der Waals surface area contributed by atoms with Crippen LogP contribution in [0.1, 0.15) is 92.5 Å². The third kappa shape index (κ3) is 8.42. The van der Waals surface area contributed by atoms with Crippen molar-refractivity contribution in [3.63, 3.8) is 0 Å². The molecule has 0 bridgehead atoms. The standard InChI is InChI=1S/C33H41F3N4O6/c1-19(2)29-38-28(46-39-29)14-9-22-15-26(33(34,35)36)30(37-17-22)45-24-12-13-27(25(16-24)32(42)44-6)40(21(4)18-43-5)31(41)23-10-7-20(3)8-11-23/h12-13,15-17,19-21,23H,7-11,14,18H2,1-6H3/t20-,21-,23-/m0/s1. The Balaban J connectivity index is 1.64. The first-order valence-electron chi connectivity index (χ1n) is 15.4. The number of methoxy groups -OCH3 is 2. The van der Waals surface area contributed by atoms with Gasteiger partial charge in [-0.1, -0.05) is 25.9 Å². The van der Waals surface area contributed by atoms with Gasteiger partial charge in [0.2, 0.25) is 17.7 Å². The molecule has 2 aromatic heterocycles. The molecule has 1 amide bonds. The molecule has 4 rings (SSSR count). The first kappa shape index (κ1) is 34.9. The van der Waals surface area contributed by atoms with Crippen molar-refractivity contribution in [2.24, 2.45) is 11.8 Å². The monoisotopic (exact) mass is 646 g/mol. The highest BCUT2D eigenvalue weighted by Gasteiger charge is 2.37. The van der Waals surface area contributed by atoms with Crippen LogP contribution in [0, 0.1) is 11.8 Å². The molecule has 0 N–H and O–H groups in total. The van der Waals surface area contributed by atoms with Crippen LogP contribution < -0.4 is 9.64 Å². The number of benzene rings is 1. The first-order chi connectivity index (χ1) is 21.8. The van der Waals surface area contributed by atoms with Crippen molar-refractivity contribution in [1.29, 1.82) is 0 Å². The molecular weight excluding hydrogens is 605 g/mol. The molecule has 0 unspecified atom stereocenters. The van der Waals surface area contributed by atoms with Crippen LogP contribution >= 0.6 is 0 Å². The summed E-state index contributed by atoms with van der Waals surface area (Å²) in [5, 5.41) is 3.88. The minimum Gasteiger partial charge on any atom is -0.465 e. The number of halogens is 3. The maximum absolute atomic E-state index is 14.2. The summed E-state index contributed by atoms with van der Waals surface area (Å²) in [4.78, 5) is 36.6. The summed E-state index contributed by atoms with van der Waals surface area (Å²) in [7, 11) is 2.71. The normalized spacial score (nSPS) is 17.5. The zero-order valence-corrected chi connectivity index (χ0v) is 27.0. The zero-order valence-electron chi connectivity index (χ0n) is 27.0. The molecule has 3 aromatic rings. The Morgan fingerprint density at radius 2 is 1.78 bits per heavy atom. The second kappa shape index (κ2) is 15.1. The molecule has 2 heterocycles. The van der Waals surface area contributed by atoms with Crippen molar-refractivity contribution in [1.82, 2.24) is 15.1 Å². The summed E-state index contributed by atoms with van der Waals surface area (Å²) in [6.07, 6.45) is 0.209. The van der Waals surface area contributed by atoms with Crippen LogP contribution in [0.15, 0.2) is 35.0 Å². The van der Waals surface area contributed by atoms with Gasteiger partial charge in [-0.2, -0.15) is 18.2 Å². The maximum atomic E-state index is 14.2. The van der Waals surface area contributed by atoms with E-state index in [-0.39, 0.29) is 54.2 Å². The number of aromatic nitrogens is 3. The third-order valence-corrected chi connectivity index (χ3v) is 8.14. The number of nitrogens with zero attached hydrogens (tertiary/aromatic N) is 4. The number of hydrogen-bond acceptors (Lipinski definition) is 9. The van der Waals surface area contributed by atoms with Gasteiger partial charge in [0.15, 0.2) is 5.82 Å². The third-order valence-electron chi connectivity index (χ3n) is 8.14. The molecule has 13 heteroatoms. The zero-order chi connectivity index (χ0) is 33.6. The molecule has 1 atom stereocenters. The first-order valence-corrected chi connectivity index (χ1v) is 15.4. The topological polar surface area (TPSA) is 117 Å². The number of aryl methyl sites for hydroxylation is 2. The number of hydrogen-bond donors (Lipinski definition) is 0. The fraction of sp³-hybridized carbons (Fsp3) is 0.545. The van der Waals surface area contributed by atoms with Gasteiger partial charge in [0.1, 0.15) is 11.3 Å². The minimum absolute atomic E-state index is 0.0361. The Morgan fingerprint density at radius 1 is 1.07 bits per heavy atom. The van der Waals surface area contributed by atoms with Crippen LogP contribution in [0.2, 0.25) is 0 Å². The molecule has 0 aliphatic heterocycles. The Kier molecular flexibility index (Phi) is 11.4. The molecule has 1 aromatic carbocycles. The van der Waals surface area contributed by atoms with Gasteiger partial charge in [-0.25, -0.2) is 9.78 Å². The number of rotatable bonds is 12. The Morgan fingerprint density at radius 3 is 2.39 bits per heavy atom. The molecule has 250 valence electrons. The van der Waals surface area contributed by atoms with E-state index in [2.05, 4.69) is 22.0 Å². The summed E-state index contributed by atoms with van der Waals surface area (Å²) in [5.41, 5.74) is -0.563. The second-order valence-electron chi connectivity index (χ2n) is 12.1. The highest BCUT2D eigenvalue weighted by atomic mass is 19.4. The number of carbonyl (C=O) groups is 2. The maximum Gasteiger partial charge on any atom is 0.421 e. The lowest BCUT2D eigenvalue weighted by atomic mass is 9.82. The summed E-state index contributed by atoms with van der Waals surface area (Å²) in [6.45, 7) is 7.98. The number of esters is 1. The van der Waals surface area contributed by atoms with E-state index in [1.165, 1.54) is 43.5 Å². The average molecular weight is 647 g/mol. The van der Waals surface area contributed by atoms with E-state index in [1.54, 1.807) is 6.92 Å². The van der Waals surface area contributed by atoms with E-state index in [0.29, 0.717) is 23.2 Å². The van der Waals surface area contributed by atoms with Gasteiger partial charge in [-0.3, -0.25) is 4.79 Å². The van der Waals surface area contributed by atoms with Crippen molar-refractivity contribution >= 4 is 17.6 Å². The van der Waals surface area contributed by atoms with Gasteiger partial charge in [0, 0.05) is 31.6 Å². The SMILES string of the molecule is COC[C@H](C)N(c1ccc(Oc2ncc(CCc3nc(C(C)C)no3)cc2C(F)(F)F)cc1C(=O)OC)C(=O)[C@H]1CC[C@H](C)CC1. The average Bonchev–Trinajstić information content (AvgIpc) is 3.50. The Labute approximate surface area is 266 Å². The molecule has 1 aliphatic rings. The van der Waals surface area contributed by atoms with Crippen molar-refractivity contribution in [3.05, 3.63) is 58.9 Å². The predicted octanol–water partition coefficient (Wildman–Crippen LogP) is 7.17. The Hall–Kier alpha value is -4.00. The lowest BCUT2D eigenvalue weighted by Crippen LogP contribution is -2.46.